The average Bonchev–Trinajstić information content (AvgIpc) is 2.95. The van der Waals surface area contributed by atoms with Crippen LogP contribution >= 0.6 is 27.5 Å². The van der Waals surface area contributed by atoms with Gasteiger partial charge in [-0.1, -0.05) is 33.6 Å². The van der Waals surface area contributed by atoms with Gasteiger partial charge in [0.1, 0.15) is 5.75 Å². The number of halogens is 2. The molecule has 1 aromatic heterocycles. The predicted molar refractivity (Wildman–Crippen MR) is 116 cm³/mol. The van der Waals surface area contributed by atoms with Crippen molar-refractivity contribution in [2.45, 2.75) is 13.8 Å². The quantitative estimate of drug-likeness (QED) is 0.416. The lowest BCUT2D eigenvalue weighted by Gasteiger charge is -2.09. The lowest BCUT2D eigenvalue weighted by Crippen LogP contribution is -2.18. The third kappa shape index (κ3) is 4.29. The number of hydrogen-bond donors (Lipinski definition) is 1. The van der Waals surface area contributed by atoms with E-state index in [-0.39, 0.29) is 5.91 Å². The van der Waals surface area contributed by atoms with Crippen LogP contribution in [-0.2, 0) is 0 Å². The van der Waals surface area contributed by atoms with Crippen LogP contribution in [0, 0.1) is 13.8 Å². The summed E-state index contributed by atoms with van der Waals surface area (Å²) in [5.74, 6) is 0.132. The molecule has 5 nitrogen and oxygen atoms in total. The maximum atomic E-state index is 12.4. The minimum atomic E-state index is -0.349. The molecule has 0 radical (unpaired) electrons. The molecule has 0 saturated heterocycles. The molecule has 144 valence electrons. The van der Waals surface area contributed by atoms with Crippen molar-refractivity contribution in [3.8, 4) is 11.4 Å². The SMILES string of the molecule is COc1ccc(Br)cc1C(=O)NN=Cc1cc(C)n(-c2cccc(Cl)c2)c1C. The van der Waals surface area contributed by atoms with E-state index in [1.807, 2.05) is 50.2 Å². The van der Waals surface area contributed by atoms with Crippen LogP contribution in [0.25, 0.3) is 5.69 Å². The molecule has 0 aliphatic rings. The van der Waals surface area contributed by atoms with Gasteiger partial charge in [0.05, 0.1) is 18.9 Å². The van der Waals surface area contributed by atoms with Gasteiger partial charge in [-0.3, -0.25) is 4.79 Å². The monoisotopic (exact) mass is 459 g/mol. The fourth-order valence-corrected chi connectivity index (χ4v) is 3.55. The van der Waals surface area contributed by atoms with E-state index in [1.165, 1.54) is 7.11 Å². The van der Waals surface area contributed by atoms with Crippen LogP contribution in [0.4, 0.5) is 0 Å². The molecule has 0 unspecified atom stereocenters. The number of aromatic nitrogens is 1. The molecule has 0 atom stereocenters. The molecule has 3 aromatic rings. The number of amides is 1. The molecule has 1 N–H and O–H groups in total. The third-order valence-electron chi connectivity index (χ3n) is 4.31. The number of ether oxygens (including phenoxy) is 1. The van der Waals surface area contributed by atoms with Crippen LogP contribution in [0.3, 0.4) is 0 Å². The van der Waals surface area contributed by atoms with Crippen molar-refractivity contribution < 1.29 is 9.53 Å². The third-order valence-corrected chi connectivity index (χ3v) is 5.04. The van der Waals surface area contributed by atoms with Crippen molar-refractivity contribution in [3.05, 3.63) is 80.5 Å². The number of hydrazone groups is 1. The van der Waals surface area contributed by atoms with Crippen LogP contribution in [0.2, 0.25) is 5.02 Å². The molecule has 0 bridgehead atoms. The van der Waals surface area contributed by atoms with E-state index in [4.69, 9.17) is 16.3 Å². The molecule has 0 spiro atoms. The zero-order valence-electron chi connectivity index (χ0n) is 15.7. The second-order valence-electron chi connectivity index (χ2n) is 6.19. The highest BCUT2D eigenvalue weighted by atomic mass is 79.9. The van der Waals surface area contributed by atoms with E-state index in [0.717, 1.165) is 27.1 Å². The summed E-state index contributed by atoms with van der Waals surface area (Å²) in [5.41, 5.74) is 6.87. The van der Waals surface area contributed by atoms with Crippen molar-refractivity contribution in [1.29, 1.82) is 0 Å². The summed E-state index contributed by atoms with van der Waals surface area (Å²) in [6, 6.07) is 14.9. The van der Waals surface area contributed by atoms with Gasteiger partial charge in [-0.2, -0.15) is 5.10 Å². The maximum Gasteiger partial charge on any atom is 0.275 e. The second kappa shape index (κ2) is 8.63. The minimum absolute atomic E-state index is 0.349. The summed E-state index contributed by atoms with van der Waals surface area (Å²) in [6.07, 6.45) is 1.63. The largest absolute Gasteiger partial charge is 0.496 e. The van der Waals surface area contributed by atoms with Gasteiger partial charge in [0.25, 0.3) is 5.91 Å². The van der Waals surface area contributed by atoms with Crippen molar-refractivity contribution in [2.24, 2.45) is 5.10 Å². The Morgan fingerprint density at radius 2 is 2.00 bits per heavy atom. The van der Waals surface area contributed by atoms with E-state index in [9.17, 15) is 4.79 Å². The Labute approximate surface area is 177 Å². The van der Waals surface area contributed by atoms with E-state index in [2.05, 4.69) is 31.0 Å². The molecule has 2 aromatic carbocycles. The number of benzene rings is 2. The summed E-state index contributed by atoms with van der Waals surface area (Å²) in [7, 11) is 1.52. The number of nitrogens with one attached hydrogen (secondary N) is 1. The Morgan fingerprint density at radius 1 is 1.21 bits per heavy atom. The Bertz CT molecular complexity index is 1060. The first-order chi connectivity index (χ1) is 13.4. The molecule has 1 amide bonds. The molecular weight excluding hydrogens is 442 g/mol. The Kier molecular flexibility index (Phi) is 6.21. The molecule has 0 aliphatic carbocycles. The van der Waals surface area contributed by atoms with Crippen LogP contribution < -0.4 is 10.2 Å². The topological polar surface area (TPSA) is 55.6 Å². The van der Waals surface area contributed by atoms with Crippen LogP contribution in [-0.4, -0.2) is 23.8 Å². The number of aryl methyl sites for hydroxylation is 1. The first kappa shape index (κ1) is 20.2. The molecule has 7 heteroatoms. The lowest BCUT2D eigenvalue weighted by molar-refractivity contribution is 0.0952. The number of nitrogens with zero attached hydrogens (tertiary/aromatic N) is 2. The van der Waals surface area contributed by atoms with Gasteiger partial charge in [0, 0.05) is 32.1 Å². The van der Waals surface area contributed by atoms with Crippen molar-refractivity contribution in [3.63, 3.8) is 0 Å². The number of hydrogen-bond acceptors (Lipinski definition) is 3. The zero-order valence-corrected chi connectivity index (χ0v) is 18.0. The molecule has 0 aliphatic heterocycles. The summed E-state index contributed by atoms with van der Waals surface area (Å²) in [4.78, 5) is 12.4. The van der Waals surface area contributed by atoms with E-state index in [1.54, 1.807) is 18.3 Å². The molecule has 3 rings (SSSR count). The number of rotatable bonds is 5. The number of carbonyl (C=O) groups excluding carboxylic acids is 1. The highest BCUT2D eigenvalue weighted by molar-refractivity contribution is 9.10. The van der Waals surface area contributed by atoms with E-state index in [0.29, 0.717) is 16.3 Å². The fraction of sp³-hybridized carbons (Fsp3) is 0.143. The number of methoxy groups -OCH3 is 1. The first-order valence-electron chi connectivity index (χ1n) is 8.52. The van der Waals surface area contributed by atoms with Crippen LogP contribution in [0.15, 0.2) is 58.1 Å². The predicted octanol–water partition coefficient (Wildman–Crippen LogP) is 5.28. The van der Waals surface area contributed by atoms with Crippen molar-refractivity contribution >= 4 is 39.7 Å². The Hall–Kier alpha value is -2.57. The smallest absolute Gasteiger partial charge is 0.275 e. The molecule has 1 heterocycles. The second-order valence-corrected chi connectivity index (χ2v) is 7.54. The highest BCUT2D eigenvalue weighted by Crippen LogP contribution is 2.23. The standard InChI is InChI=1S/C21H19BrClN3O2/c1-13-9-15(14(2)26(13)18-6-4-5-17(23)11-18)12-24-25-21(27)19-10-16(22)7-8-20(19)28-3/h4-12H,1-3H3,(H,25,27). The summed E-state index contributed by atoms with van der Waals surface area (Å²) in [5, 5.41) is 4.79. The highest BCUT2D eigenvalue weighted by Gasteiger charge is 2.13. The van der Waals surface area contributed by atoms with Gasteiger partial charge in [0.15, 0.2) is 0 Å². The minimum Gasteiger partial charge on any atom is -0.496 e. The zero-order chi connectivity index (χ0) is 20.3. The Morgan fingerprint density at radius 3 is 2.71 bits per heavy atom. The van der Waals surface area contributed by atoms with E-state index >= 15 is 0 Å². The van der Waals surface area contributed by atoms with Gasteiger partial charge in [0.2, 0.25) is 0 Å². The molecular formula is C21H19BrClN3O2. The van der Waals surface area contributed by atoms with Gasteiger partial charge in [-0.15, -0.1) is 0 Å². The van der Waals surface area contributed by atoms with Crippen LogP contribution in [0.5, 0.6) is 5.75 Å². The summed E-state index contributed by atoms with van der Waals surface area (Å²) < 4.78 is 8.11. The van der Waals surface area contributed by atoms with Crippen molar-refractivity contribution in [1.82, 2.24) is 9.99 Å². The first-order valence-corrected chi connectivity index (χ1v) is 9.69. The number of carbonyl (C=O) groups is 1. The van der Waals surface area contributed by atoms with Gasteiger partial charge < -0.3 is 9.30 Å². The van der Waals surface area contributed by atoms with Crippen molar-refractivity contribution in [2.75, 3.05) is 7.11 Å². The fourth-order valence-electron chi connectivity index (χ4n) is 3.01. The van der Waals surface area contributed by atoms with Gasteiger partial charge in [-0.05, 0) is 56.3 Å². The van der Waals surface area contributed by atoms with E-state index < -0.39 is 0 Å². The molecule has 0 fully saturated rings. The lowest BCUT2D eigenvalue weighted by atomic mass is 10.2. The maximum absolute atomic E-state index is 12.4. The normalized spacial score (nSPS) is 11.0. The summed E-state index contributed by atoms with van der Waals surface area (Å²) >= 11 is 9.48. The van der Waals surface area contributed by atoms with Gasteiger partial charge >= 0.3 is 0 Å². The van der Waals surface area contributed by atoms with Gasteiger partial charge in [-0.25, -0.2) is 5.43 Å². The Balaban J connectivity index is 1.81. The molecule has 0 saturated carbocycles. The summed E-state index contributed by atoms with van der Waals surface area (Å²) in [6.45, 7) is 4.00. The average molecular weight is 461 g/mol. The van der Waals surface area contributed by atoms with Crippen LogP contribution in [0.1, 0.15) is 27.3 Å². The molecule has 28 heavy (non-hydrogen) atoms.